The van der Waals surface area contributed by atoms with E-state index in [0.717, 1.165) is 23.2 Å². The van der Waals surface area contributed by atoms with Crippen LogP contribution in [0.15, 0.2) is 48.5 Å². The number of para-hydroxylation sites is 1. The van der Waals surface area contributed by atoms with Gasteiger partial charge in [0.1, 0.15) is 0 Å². The third kappa shape index (κ3) is 4.16. The van der Waals surface area contributed by atoms with E-state index >= 15 is 0 Å². The van der Waals surface area contributed by atoms with Gasteiger partial charge < -0.3 is 10.2 Å². The Kier molecular flexibility index (Phi) is 5.33. The molecule has 8 heteroatoms. The van der Waals surface area contributed by atoms with Crippen molar-refractivity contribution >= 4 is 23.2 Å². The monoisotopic (exact) mass is 390 g/mol. The molecular formula is C21H22N6O2. The topological polar surface area (TPSA) is 104 Å². The van der Waals surface area contributed by atoms with Gasteiger partial charge in [-0.3, -0.25) is 9.59 Å². The van der Waals surface area contributed by atoms with Crippen LogP contribution in [-0.4, -0.2) is 39.0 Å². The lowest BCUT2D eigenvalue weighted by Gasteiger charge is -2.20. The van der Waals surface area contributed by atoms with Crippen molar-refractivity contribution in [2.24, 2.45) is 5.92 Å². The summed E-state index contributed by atoms with van der Waals surface area (Å²) in [6, 6.07) is 15.4. The van der Waals surface area contributed by atoms with Gasteiger partial charge in [0, 0.05) is 30.8 Å². The first-order chi connectivity index (χ1) is 14.1. The number of anilines is 2. The van der Waals surface area contributed by atoms with Crippen molar-refractivity contribution in [3.05, 3.63) is 65.5 Å². The van der Waals surface area contributed by atoms with E-state index in [1.807, 2.05) is 48.5 Å². The van der Waals surface area contributed by atoms with Crippen LogP contribution in [0.5, 0.6) is 0 Å². The quantitative estimate of drug-likeness (QED) is 0.672. The Morgan fingerprint density at radius 3 is 2.72 bits per heavy atom. The van der Waals surface area contributed by atoms with E-state index in [0.29, 0.717) is 24.5 Å². The van der Waals surface area contributed by atoms with Crippen LogP contribution in [0.4, 0.5) is 11.4 Å². The molecule has 2 aromatic carbocycles. The van der Waals surface area contributed by atoms with Crippen LogP contribution in [0, 0.1) is 5.92 Å². The average Bonchev–Trinajstić information content (AvgIpc) is 3.39. The lowest BCUT2D eigenvalue weighted by molar-refractivity contribution is -0.122. The minimum atomic E-state index is -0.369. The molecule has 2 amide bonds. The maximum absolute atomic E-state index is 12.7. The Labute approximate surface area is 168 Å². The van der Waals surface area contributed by atoms with E-state index in [9.17, 15) is 9.59 Å². The van der Waals surface area contributed by atoms with E-state index in [1.165, 1.54) is 0 Å². The zero-order chi connectivity index (χ0) is 20.2. The second kappa shape index (κ2) is 8.22. The fourth-order valence-electron chi connectivity index (χ4n) is 3.58. The van der Waals surface area contributed by atoms with Gasteiger partial charge in [-0.15, -0.1) is 10.2 Å². The Balaban J connectivity index is 1.39. The molecule has 1 aliphatic heterocycles. The molecule has 4 rings (SSSR count). The first-order valence-corrected chi connectivity index (χ1v) is 9.64. The van der Waals surface area contributed by atoms with E-state index in [-0.39, 0.29) is 24.2 Å². The van der Waals surface area contributed by atoms with Gasteiger partial charge in [-0.1, -0.05) is 42.5 Å². The van der Waals surface area contributed by atoms with Gasteiger partial charge in [0.15, 0.2) is 5.82 Å². The molecule has 3 aromatic rings. The zero-order valence-electron chi connectivity index (χ0n) is 16.1. The summed E-state index contributed by atoms with van der Waals surface area (Å²) in [6.45, 7) is 2.46. The van der Waals surface area contributed by atoms with Gasteiger partial charge in [-0.2, -0.15) is 5.21 Å². The molecule has 1 fully saturated rings. The molecule has 1 atom stereocenters. The Bertz CT molecular complexity index is 1000. The summed E-state index contributed by atoms with van der Waals surface area (Å²) in [5.74, 6) is 0.0902. The predicted molar refractivity (Wildman–Crippen MR) is 108 cm³/mol. The van der Waals surface area contributed by atoms with Gasteiger partial charge in [-0.25, -0.2) is 0 Å². The summed E-state index contributed by atoms with van der Waals surface area (Å²) in [6.07, 6.45) is 1.63. The summed E-state index contributed by atoms with van der Waals surface area (Å²) in [5, 5.41) is 16.8. The summed E-state index contributed by atoms with van der Waals surface area (Å²) < 4.78 is 0. The zero-order valence-corrected chi connectivity index (χ0v) is 16.1. The number of carbonyl (C=O) groups is 2. The molecule has 2 N–H and O–H groups in total. The molecule has 1 aromatic heterocycles. The maximum Gasteiger partial charge on any atom is 0.229 e. The van der Waals surface area contributed by atoms with Crippen LogP contribution in [0.2, 0.25) is 0 Å². The SMILES string of the molecule is CCc1ccccc1N1CC(C(=O)Nc2ccc(Cc3nn[nH]n3)cc2)CC1=O. The molecule has 0 radical (unpaired) electrons. The molecule has 0 spiro atoms. The van der Waals surface area contributed by atoms with Crippen LogP contribution < -0.4 is 10.2 Å². The van der Waals surface area contributed by atoms with Gasteiger partial charge in [0.2, 0.25) is 11.8 Å². The van der Waals surface area contributed by atoms with Crippen molar-refractivity contribution in [2.45, 2.75) is 26.2 Å². The van der Waals surface area contributed by atoms with Crippen molar-refractivity contribution < 1.29 is 9.59 Å². The number of aryl methyl sites for hydroxylation is 1. The first kappa shape index (κ1) is 18.8. The number of H-pyrrole nitrogens is 1. The van der Waals surface area contributed by atoms with Crippen LogP contribution in [0.25, 0.3) is 0 Å². The van der Waals surface area contributed by atoms with Crippen LogP contribution in [0.1, 0.15) is 30.3 Å². The number of carbonyl (C=O) groups excluding carboxylic acids is 2. The van der Waals surface area contributed by atoms with Crippen LogP contribution in [-0.2, 0) is 22.4 Å². The lowest BCUT2D eigenvalue weighted by atomic mass is 10.1. The summed E-state index contributed by atoms with van der Waals surface area (Å²) in [5.41, 5.74) is 3.73. The number of nitrogens with one attached hydrogen (secondary N) is 2. The molecular weight excluding hydrogens is 368 g/mol. The van der Waals surface area contributed by atoms with Crippen LogP contribution in [0.3, 0.4) is 0 Å². The summed E-state index contributed by atoms with van der Waals surface area (Å²) in [4.78, 5) is 27.0. The number of hydrogen-bond acceptors (Lipinski definition) is 5. The van der Waals surface area contributed by atoms with Crippen molar-refractivity contribution in [1.82, 2.24) is 20.6 Å². The number of nitrogens with zero attached hydrogens (tertiary/aromatic N) is 4. The highest BCUT2D eigenvalue weighted by Crippen LogP contribution is 2.29. The normalized spacial score (nSPS) is 16.2. The van der Waals surface area contributed by atoms with Crippen molar-refractivity contribution in [3.8, 4) is 0 Å². The molecule has 148 valence electrons. The smallest absolute Gasteiger partial charge is 0.229 e. The second-order valence-electron chi connectivity index (χ2n) is 7.08. The lowest BCUT2D eigenvalue weighted by Crippen LogP contribution is -2.28. The minimum absolute atomic E-state index is 0.0125. The molecule has 1 saturated heterocycles. The van der Waals surface area contributed by atoms with Gasteiger partial charge in [0.25, 0.3) is 0 Å². The van der Waals surface area contributed by atoms with Gasteiger partial charge in [0.05, 0.1) is 5.92 Å². The van der Waals surface area contributed by atoms with E-state index < -0.39 is 0 Å². The number of amides is 2. The molecule has 0 saturated carbocycles. The molecule has 2 heterocycles. The number of aromatic nitrogens is 4. The number of tetrazole rings is 1. The third-order valence-corrected chi connectivity index (χ3v) is 5.13. The van der Waals surface area contributed by atoms with E-state index in [2.05, 4.69) is 32.9 Å². The van der Waals surface area contributed by atoms with Gasteiger partial charge in [-0.05, 0) is 35.7 Å². The van der Waals surface area contributed by atoms with E-state index in [4.69, 9.17) is 0 Å². The highest BCUT2D eigenvalue weighted by Gasteiger charge is 2.35. The number of rotatable bonds is 6. The van der Waals surface area contributed by atoms with Crippen molar-refractivity contribution in [2.75, 3.05) is 16.8 Å². The standard InChI is InChI=1S/C21H22N6O2/c1-2-15-5-3-4-6-18(15)27-13-16(12-20(27)28)21(29)22-17-9-7-14(8-10-17)11-19-23-25-26-24-19/h3-10,16H,2,11-13H2,1H3,(H,22,29)(H,23,24,25,26). The second-order valence-corrected chi connectivity index (χ2v) is 7.08. The number of aromatic amines is 1. The van der Waals surface area contributed by atoms with Gasteiger partial charge >= 0.3 is 0 Å². The van der Waals surface area contributed by atoms with E-state index in [1.54, 1.807) is 4.90 Å². The predicted octanol–water partition coefficient (Wildman–Crippen LogP) is 2.34. The summed E-state index contributed by atoms with van der Waals surface area (Å²) >= 11 is 0. The number of hydrogen-bond donors (Lipinski definition) is 2. The minimum Gasteiger partial charge on any atom is -0.326 e. The fraction of sp³-hybridized carbons (Fsp3) is 0.286. The first-order valence-electron chi connectivity index (χ1n) is 9.64. The molecule has 0 bridgehead atoms. The highest BCUT2D eigenvalue weighted by atomic mass is 16.2. The molecule has 29 heavy (non-hydrogen) atoms. The third-order valence-electron chi connectivity index (χ3n) is 5.13. The maximum atomic E-state index is 12.7. The molecule has 8 nitrogen and oxygen atoms in total. The fourth-order valence-corrected chi connectivity index (χ4v) is 3.58. The van der Waals surface area contributed by atoms with Crippen molar-refractivity contribution in [3.63, 3.8) is 0 Å². The van der Waals surface area contributed by atoms with Crippen molar-refractivity contribution in [1.29, 1.82) is 0 Å². The Hall–Kier alpha value is -3.55. The highest BCUT2D eigenvalue weighted by molar-refractivity contribution is 6.03. The summed E-state index contributed by atoms with van der Waals surface area (Å²) in [7, 11) is 0. The molecule has 1 unspecified atom stereocenters. The molecule has 1 aliphatic rings. The largest absolute Gasteiger partial charge is 0.326 e. The molecule has 0 aliphatic carbocycles. The average molecular weight is 390 g/mol. The Morgan fingerprint density at radius 2 is 2.00 bits per heavy atom. The number of benzene rings is 2. The Morgan fingerprint density at radius 1 is 1.21 bits per heavy atom. The van der Waals surface area contributed by atoms with Crippen LogP contribution >= 0.6 is 0 Å².